The van der Waals surface area contributed by atoms with E-state index < -0.39 is 0 Å². The molecule has 1 aliphatic rings. The van der Waals surface area contributed by atoms with Crippen molar-refractivity contribution in [3.05, 3.63) is 0 Å². The Morgan fingerprint density at radius 2 is 2.06 bits per heavy atom. The minimum absolute atomic E-state index is 0.229. The summed E-state index contributed by atoms with van der Waals surface area (Å²) in [6.45, 7) is 1.98. The summed E-state index contributed by atoms with van der Waals surface area (Å²) in [6.07, 6.45) is 7.52. The van der Waals surface area contributed by atoms with Gasteiger partial charge >= 0.3 is 0 Å². The lowest BCUT2D eigenvalue weighted by atomic mass is 9.94. The molecule has 2 N–H and O–H groups in total. The van der Waals surface area contributed by atoms with Crippen LogP contribution in [0.25, 0.3) is 0 Å². The van der Waals surface area contributed by atoms with Crippen LogP contribution < -0.4 is 5.73 Å². The van der Waals surface area contributed by atoms with Crippen LogP contribution in [0.2, 0.25) is 0 Å². The van der Waals surface area contributed by atoms with E-state index >= 15 is 0 Å². The van der Waals surface area contributed by atoms with Gasteiger partial charge in [-0.05, 0) is 25.8 Å². The molecule has 17 heavy (non-hydrogen) atoms. The average molecular weight is 242 g/mol. The summed E-state index contributed by atoms with van der Waals surface area (Å²) in [5.41, 5.74) is 5.54. The first-order chi connectivity index (χ1) is 8.29. The molecule has 0 bridgehead atoms. The van der Waals surface area contributed by atoms with E-state index in [0.717, 1.165) is 25.8 Å². The van der Waals surface area contributed by atoms with Crippen LogP contribution in [-0.4, -0.2) is 43.7 Å². The minimum atomic E-state index is 0.229. The Kier molecular flexibility index (Phi) is 7.21. The smallest absolute Gasteiger partial charge is 0.225 e. The van der Waals surface area contributed by atoms with Crippen molar-refractivity contribution in [3.63, 3.8) is 0 Å². The second-order valence-corrected chi connectivity index (χ2v) is 4.76. The number of hydrogen-bond acceptors (Lipinski definition) is 3. The molecule has 4 heteroatoms. The van der Waals surface area contributed by atoms with E-state index in [4.69, 9.17) is 10.5 Å². The molecular formula is C13H26N2O2. The van der Waals surface area contributed by atoms with Gasteiger partial charge in [0.1, 0.15) is 0 Å². The zero-order valence-electron chi connectivity index (χ0n) is 11.0. The molecule has 0 atom stereocenters. The number of nitrogens with two attached hydrogens (primary N) is 1. The summed E-state index contributed by atoms with van der Waals surface area (Å²) in [4.78, 5) is 14.2. The van der Waals surface area contributed by atoms with Gasteiger partial charge in [-0.25, -0.2) is 0 Å². The third kappa shape index (κ3) is 5.04. The molecule has 1 rings (SSSR count). The minimum Gasteiger partial charge on any atom is -0.384 e. The van der Waals surface area contributed by atoms with E-state index in [0.29, 0.717) is 25.6 Å². The first-order valence-corrected chi connectivity index (χ1v) is 6.78. The van der Waals surface area contributed by atoms with Gasteiger partial charge in [-0.1, -0.05) is 19.3 Å². The van der Waals surface area contributed by atoms with Crippen molar-refractivity contribution in [1.82, 2.24) is 4.90 Å². The van der Waals surface area contributed by atoms with Crippen molar-refractivity contribution < 1.29 is 9.53 Å². The van der Waals surface area contributed by atoms with Gasteiger partial charge in [0.25, 0.3) is 0 Å². The van der Waals surface area contributed by atoms with Crippen LogP contribution in [0.15, 0.2) is 0 Å². The average Bonchev–Trinajstić information content (AvgIpc) is 2.38. The molecule has 0 spiro atoms. The number of carbonyl (C=O) groups is 1. The van der Waals surface area contributed by atoms with Crippen molar-refractivity contribution >= 4 is 5.91 Å². The molecular weight excluding hydrogens is 216 g/mol. The van der Waals surface area contributed by atoms with Crippen LogP contribution in [0.1, 0.15) is 44.9 Å². The Morgan fingerprint density at radius 3 is 2.65 bits per heavy atom. The maximum Gasteiger partial charge on any atom is 0.225 e. The standard InChI is InChI=1S/C13H26N2O2/c1-17-11-8-13(16)15(10-5-9-14)12-6-3-2-4-7-12/h12H,2-11,14H2,1H3. The van der Waals surface area contributed by atoms with Gasteiger partial charge in [-0.3, -0.25) is 4.79 Å². The van der Waals surface area contributed by atoms with E-state index in [-0.39, 0.29) is 5.91 Å². The maximum absolute atomic E-state index is 12.1. The Morgan fingerprint density at radius 1 is 1.35 bits per heavy atom. The molecule has 1 fully saturated rings. The monoisotopic (exact) mass is 242 g/mol. The molecule has 0 saturated heterocycles. The first-order valence-electron chi connectivity index (χ1n) is 6.78. The van der Waals surface area contributed by atoms with Crippen LogP contribution in [0.5, 0.6) is 0 Å². The summed E-state index contributed by atoms with van der Waals surface area (Å²) in [6, 6.07) is 0.444. The Hall–Kier alpha value is -0.610. The van der Waals surface area contributed by atoms with Crippen molar-refractivity contribution in [1.29, 1.82) is 0 Å². The first kappa shape index (κ1) is 14.5. The van der Waals surface area contributed by atoms with Gasteiger partial charge in [-0.15, -0.1) is 0 Å². The summed E-state index contributed by atoms with van der Waals surface area (Å²) >= 11 is 0. The fourth-order valence-electron chi connectivity index (χ4n) is 2.50. The van der Waals surface area contributed by atoms with Gasteiger partial charge in [0.05, 0.1) is 13.0 Å². The van der Waals surface area contributed by atoms with E-state index in [1.807, 2.05) is 4.90 Å². The highest BCUT2D eigenvalue weighted by molar-refractivity contribution is 5.76. The zero-order chi connectivity index (χ0) is 12.5. The summed E-state index contributed by atoms with van der Waals surface area (Å²) in [5, 5.41) is 0. The normalized spacial score (nSPS) is 17.1. The predicted octanol–water partition coefficient (Wildman–Crippen LogP) is 1.53. The molecule has 100 valence electrons. The van der Waals surface area contributed by atoms with Gasteiger partial charge in [-0.2, -0.15) is 0 Å². The van der Waals surface area contributed by atoms with Gasteiger partial charge < -0.3 is 15.4 Å². The molecule has 0 aromatic heterocycles. The summed E-state index contributed by atoms with van der Waals surface area (Å²) in [7, 11) is 1.64. The lowest BCUT2D eigenvalue weighted by Gasteiger charge is -2.34. The van der Waals surface area contributed by atoms with E-state index in [9.17, 15) is 4.79 Å². The molecule has 1 amide bonds. The molecule has 0 unspecified atom stereocenters. The number of methoxy groups -OCH3 is 1. The predicted molar refractivity (Wildman–Crippen MR) is 68.8 cm³/mol. The maximum atomic E-state index is 12.1. The third-order valence-corrected chi connectivity index (χ3v) is 3.46. The van der Waals surface area contributed by atoms with Crippen LogP contribution in [0.4, 0.5) is 0 Å². The van der Waals surface area contributed by atoms with Crippen molar-refractivity contribution in [2.24, 2.45) is 5.73 Å². The largest absolute Gasteiger partial charge is 0.384 e. The van der Waals surface area contributed by atoms with E-state index in [1.54, 1.807) is 7.11 Å². The number of nitrogens with zero attached hydrogens (tertiary/aromatic N) is 1. The molecule has 1 saturated carbocycles. The third-order valence-electron chi connectivity index (χ3n) is 3.46. The number of carbonyl (C=O) groups excluding carboxylic acids is 1. The van der Waals surface area contributed by atoms with Gasteiger partial charge in [0, 0.05) is 19.7 Å². The van der Waals surface area contributed by atoms with Crippen molar-refractivity contribution in [3.8, 4) is 0 Å². The SMILES string of the molecule is COCCC(=O)N(CCCN)C1CCCCC1. The highest BCUT2D eigenvalue weighted by atomic mass is 16.5. The van der Waals surface area contributed by atoms with Gasteiger partial charge in [0.2, 0.25) is 5.91 Å². The number of hydrogen-bond donors (Lipinski definition) is 1. The highest BCUT2D eigenvalue weighted by Crippen LogP contribution is 2.23. The molecule has 0 heterocycles. The van der Waals surface area contributed by atoms with E-state index in [2.05, 4.69) is 0 Å². The highest BCUT2D eigenvalue weighted by Gasteiger charge is 2.24. The molecule has 0 aromatic rings. The van der Waals surface area contributed by atoms with Crippen LogP contribution in [-0.2, 0) is 9.53 Å². The number of amides is 1. The molecule has 1 aliphatic carbocycles. The Bertz CT molecular complexity index is 215. The van der Waals surface area contributed by atoms with Crippen molar-refractivity contribution in [2.45, 2.75) is 51.0 Å². The quantitative estimate of drug-likeness (QED) is 0.736. The molecule has 0 radical (unpaired) electrons. The van der Waals surface area contributed by atoms with Gasteiger partial charge in [0.15, 0.2) is 0 Å². The molecule has 4 nitrogen and oxygen atoms in total. The van der Waals surface area contributed by atoms with Crippen molar-refractivity contribution in [2.75, 3.05) is 26.8 Å². The number of ether oxygens (including phenoxy) is 1. The fourth-order valence-corrected chi connectivity index (χ4v) is 2.50. The topological polar surface area (TPSA) is 55.6 Å². The molecule has 0 aliphatic heterocycles. The second-order valence-electron chi connectivity index (χ2n) is 4.76. The second kappa shape index (κ2) is 8.48. The Balaban J connectivity index is 2.48. The van der Waals surface area contributed by atoms with Crippen LogP contribution in [0.3, 0.4) is 0 Å². The summed E-state index contributed by atoms with van der Waals surface area (Å²) < 4.78 is 4.98. The Labute approximate surface area is 104 Å². The van der Waals surface area contributed by atoms with Crippen LogP contribution >= 0.6 is 0 Å². The number of rotatable bonds is 7. The zero-order valence-corrected chi connectivity index (χ0v) is 11.0. The molecule has 0 aromatic carbocycles. The lowest BCUT2D eigenvalue weighted by Crippen LogP contribution is -2.42. The summed E-state index contributed by atoms with van der Waals surface area (Å²) in [5.74, 6) is 0.229. The van der Waals surface area contributed by atoms with E-state index in [1.165, 1.54) is 19.3 Å². The van der Waals surface area contributed by atoms with Crippen LogP contribution in [0, 0.1) is 0 Å². The lowest BCUT2D eigenvalue weighted by molar-refractivity contribution is -0.135. The fraction of sp³-hybridized carbons (Fsp3) is 0.923.